The fourth-order valence-corrected chi connectivity index (χ4v) is 3.05. The van der Waals surface area contributed by atoms with Crippen molar-refractivity contribution in [1.82, 2.24) is 9.55 Å². The van der Waals surface area contributed by atoms with Gasteiger partial charge in [0.1, 0.15) is 11.4 Å². The van der Waals surface area contributed by atoms with Gasteiger partial charge in [-0.2, -0.15) is 0 Å². The zero-order valence-corrected chi connectivity index (χ0v) is 13.3. The topological polar surface area (TPSA) is 64.3 Å². The van der Waals surface area contributed by atoms with Gasteiger partial charge in [0.2, 0.25) is 0 Å². The monoisotopic (exact) mass is 310 g/mol. The first-order chi connectivity index (χ1) is 11.0. The predicted molar refractivity (Wildman–Crippen MR) is 88.2 cm³/mol. The van der Waals surface area contributed by atoms with Gasteiger partial charge >= 0.3 is 5.97 Å². The van der Waals surface area contributed by atoms with E-state index in [0.717, 1.165) is 11.3 Å². The van der Waals surface area contributed by atoms with Crippen LogP contribution < -0.4 is 4.74 Å². The Bertz CT molecular complexity index is 883. The molecule has 5 nitrogen and oxygen atoms in total. The lowest BCUT2D eigenvalue weighted by Gasteiger charge is -2.18. The van der Waals surface area contributed by atoms with Crippen molar-refractivity contribution < 1.29 is 14.6 Å². The number of hydrogen-bond donors (Lipinski definition) is 1. The van der Waals surface area contributed by atoms with E-state index >= 15 is 0 Å². The van der Waals surface area contributed by atoms with Crippen molar-refractivity contribution in [2.24, 2.45) is 0 Å². The summed E-state index contributed by atoms with van der Waals surface area (Å²) in [6, 6.07) is 11.3. The molecule has 0 fully saturated rings. The van der Waals surface area contributed by atoms with Crippen molar-refractivity contribution in [2.45, 2.75) is 19.9 Å². The summed E-state index contributed by atoms with van der Waals surface area (Å²) in [7, 11) is 1.63. The number of methoxy groups -OCH3 is 1. The van der Waals surface area contributed by atoms with Crippen molar-refractivity contribution in [3.63, 3.8) is 0 Å². The molecule has 0 aliphatic heterocycles. The maximum absolute atomic E-state index is 11.6. The van der Waals surface area contributed by atoms with E-state index < -0.39 is 5.97 Å². The quantitative estimate of drug-likeness (QED) is 0.798. The molecule has 0 aliphatic rings. The number of carboxylic acids is 1. The highest BCUT2D eigenvalue weighted by Crippen LogP contribution is 2.31. The van der Waals surface area contributed by atoms with Crippen LogP contribution in [0.2, 0.25) is 0 Å². The molecule has 23 heavy (non-hydrogen) atoms. The Hall–Kier alpha value is -2.82. The van der Waals surface area contributed by atoms with Crippen molar-refractivity contribution in [3.8, 4) is 5.75 Å². The van der Waals surface area contributed by atoms with Crippen LogP contribution in [0, 0.1) is 6.92 Å². The number of pyridine rings is 1. The van der Waals surface area contributed by atoms with Crippen LogP contribution in [-0.4, -0.2) is 27.7 Å². The average molecular weight is 310 g/mol. The van der Waals surface area contributed by atoms with Gasteiger partial charge in [0.05, 0.1) is 18.7 Å². The van der Waals surface area contributed by atoms with Crippen LogP contribution in [-0.2, 0) is 0 Å². The van der Waals surface area contributed by atoms with Crippen LogP contribution in [0.15, 0.2) is 42.6 Å². The fraction of sp³-hybridized carbons (Fsp3) is 0.222. The van der Waals surface area contributed by atoms with E-state index in [1.54, 1.807) is 25.4 Å². The Morgan fingerprint density at radius 3 is 2.78 bits per heavy atom. The maximum Gasteiger partial charge on any atom is 0.338 e. The molecule has 1 atom stereocenters. The number of ether oxygens (including phenoxy) is 1. The number of hydrogen-bond acceptors (Lipinski definition) is 3. The molecule has 0 radical (unpaired) electrons. The largest absolute Gasteiger partial charge is 0.497 e. The molecular weight excluding hydrogens is 292 g/mol. The minimum Gasteiger partial charge on any atom is -0.497 e. The summed E-state index contributed by atoms with van der Waals surface area (Å²) < 4.78 is 7.25. The number of carboxylic acid groups (broad SMARTS) is 1. The van der Waals surface area contributed by atoms with E-state index in [9.17, 15) is 9.90 Å². The molecule has 3 rings (SSSR count). The Labute approximate surface area is 134 Å². The number of rotatable bonds is 4. The highest BCUT2D eigenvalue weighted by molar-refractivity contribution is 6.04. The lowest BCUT2D eigenvalue weighted by molar-refractivity contribution is 0.0698. The van der Waals surface area contributed by atoms with Crippen LogP contribution >= 0.6 is 0 Å². The molecule has 5 heteroatoms. The van der Waals surface area contributed by atoms with Crippen molar-refractivity contribution >= 4 is 17.0 Å². The number of fused-ring (bicyclic) bond motifs is 1. The number of carbonyl (C=O) groups is 1. The van der Waals surface area contributed by atoms with E-state index in [2.05, 4.69) is 4.98 Å². The normalized spacial score (nSPS) is 12.3. The summed E-state index contributed by atoms with van der Waals surface area (Å²) in [6.07, 6.45) is 1.68. The second-order valence-electron chi connectivity index (χ2n) is 5.46. The molecular formula is C18H18N2O3. The predicted octanol–water partition coefficient (Wildman–Crippen LogP) is 3.66. The third-order valence-electron chi connectivity index (χ3n) is 4.18. The molecule has 0 saturated carbocycles. The zero-order valence-electron chi connectivity index (χ0n) is 13.3. The number of benzene rings is 1. The van der Waals surface area contributed by atoms with E-state index in [4.69, 9.17) is 4.74 Å². The first-order valence-corrected chi connectivity index (χ1v) is 7.37. The van der Waals surface area contributed by atoms with E-state index in [1.165, 1.54) is 0 Å². The summed E-state index contributed by atoms with van der Waals surface area (Å²) in [6.45, 7) is 3.85. The second-order valence-corrected chi connectivity index (χ2v) is 5.46. The van der Waals surface area contributed by atoms with E-state index in [1.807, 2.05) is 42.7 Å². The van der Waals surface area contributed by atoms with Crippen LogP contribution in [0.5, 0.6) is 5.75 Å². The van der Waals surface area contributed by atoms with Crippen LogP contribution in [0.25, 0.3) is 11.0 Å². The minimum absolute atomic E-state index is 0.0596. The van der Waals surface area contributed by atoms with Crippen LogP contribution in [0.4, 0.5) is 0 Å². The first-order valence-electron chi connectivity index (χ1n) is 7.37. The molecule has 1 N–H and O–H groups in total. The Kier molecular flexibility index (Phi) is 3.78. The van der Waals surface area contributed by atoms with Crippen LogP contribution in [0.1, 0.15) is 34.6 Å². The fourth-order valence-electron chi connectivity index (χ4n) is 3.05. The van der Waals surface area contributed by atoms with Gasteiger partial charge in [-0.15, -0.1) is 0 Å². The van der Waals surface area contributed by atoms with Crippen LogP contribution in [0.3, 0.4) is 0 Å². The molecule has 0 aliphatic carbocycles. The summed E-state index contributed by atoms with van der Waals surface area (Å²) in [5.74, 6) is -0.160. The lowest BCUT2D eigenvalue weighted by Crippen LogP contribution is -2.10. The van der Waals surface area contributed by atoms with Crippen molar-refractivity contribution in [3.05, 3.63) is 59.4 Å². The highest BCUT2D eigenvalue weighted by atomic mass is 16.5. The molecule has 0 bridgehead atoms. The Morgan fingerprint density at radius 2 is 2.09 bits per heavy atom. The molecule has 2 heterocycles. The molecule has 1 aromatic carbocycles. The summed E-state index contributed by atoms with van der Waals surface area (Å²) in [5.41, 5.74) is 2.72. The average Bonchev–Trinajstić information content (AvgIpc) is 2.86. The van der Waals surface area contributed by atoms with Gasteiger partial charge in [-0.25, -0.2) is 9.78 Å². The smallest absolute Gasteiger partial charge is 0.338 e. The van der Waals surface area contributed by atoms with Crippen molar-refractivity contribution in [2.75, 3.05) is 7.11 Å². The van der Waals surface area contributed by atoms with Gasteiger partial charge in [-0.1, -0.05) is 12.1 Å². The molecule has 2 aromatic heterocycles. The standard InChI is InChI=1S/C18H18N2O3/c1-11(13-6-4-7-14(10-13)23-3)20-12(2)16(18(21)22)15-8-5-9-19-17(15)20/h4-11H,1-3H3,(H,21,22). The Morgan fingerprint density at radius 1 is 1.30 bits per heavy atom. The molecule has 0 spiro atoms. The van der Waals surface area contributed by atoms with Gasteiger partial charge < -0.3 is 14.4 Å². The third-order valence-corrected chi connectivity index (χ3v) is 4.18. The highest BCUT2D eigenvalue weighted by Gasteiger charge is 2.23. The van der Waals surface area contributed by atoms with Gasteiger partial charge in [0.25, 0.3) is 0 Å². The molecule has 3 aromatic rings. The second kappa shape index (κ2) is 5.76. The minimum atomic E-state index is -0.933. The van der Waals surface area contributed by atoms with Gasteiger partial charge in [0, 0.05) is 17.3 Å². The third kappa shape index (κ3) is 2.44. The molecule has 0 saturated heterocycles. The van der Waals surface area contributed by atoms with Gasteiger partial charge in [0.15, 0.2) is 0 Å². The molecule has 0 amide bonds. The summed E-state index contributed by atoms with van der Waals surface area (Å²) >= 11 is 0. The number of nitrogens with zero attached hydrogens (tertiary/aromatic N) is 2. The maximum atomic E-state index is 11.6. The number of aromatic carboxylic acids is 1. The first kappa shape index (κ1) is 15.1. The summed E-state index contributed by atoms with van der Waals surface area (Å²) in [4.78, 5) is 16.1. The van der Waals surface area contributed by atoms with E-state index in [-0.39, 0.29) is 6.04 Å². The molecule has 1 unspecified atom stereocenters. The van der Waals surface area contributed by atoms with Gasteiger partial charge in [-0.05, 0) is 43.7 Å². The Balaban J connectivity index is 2.23. The SMILES string of the molecule is COc1cccc(C(C)n2c(C)c(C(=O)O)c3cccnc32)c1. The number of aromatic nitrogens is 2. The van der Waals surface area contributed by atoms with Crippen molar-refractivity contribution in [1.29, 1.82) is 0 Å². The van der Waals surface area contributed by atoms with Gasteiger partial charge in [-0.3, -0.25) is 0 Å². The van der Waals surface area contributed by atoms with E-state index in [0.29, 0.717) is 22.3 Å². The lowest BCUT2D eigenvalue weighted by atomic mass is 10.1. The summed E-state index contributed by atoms with van der Waals surface area (Å²) in [5, 5.41) is 10.2. The zero-order chi connectivity index (χ0) is 16.6. The molecule has 118 valence electrons.